The number of nitrogens with zero attached hydrogens (tertiary/aromatic N) is 3. The molecule has 0 aliphatic rings. The van der Waals surface area contributed by atoms with Crippen LogP contribution in [0.25, 0.3) is 0 Å². The molecule has 0 atom stereocenters. The number of Topliss-reactive ketones (excluding diaryl/α,β-unsaturated/α-hetero) is 1. The zero-order valence-corrected chi connectivity index (χ0v) is 10.9. The van der Waals surface area contributed by atoms with Gasteiger partial charge in [-0.05, 0) is 24.0 Å². The quantitative estimate of drug-likeness (QED) is 0.457. The van der Waals surface area contributed by atoms with Crippen LogP contribution >= 0.6 is 0 Å². The van der Waals surface area contributed by atoms with Gasteiger partial charge >= 0.3 is 5.82 Å². The Hall–Kier alpha value is -2.70. The Morgan fingerprint density at radius 3 is 2.80 bits per heavy atom. The summed E-state index contributed by atoms with van der Waals surface area (Å²) >= 11 is 0. The summed E-state index contributed by atoms with van der Waals surface area (Å²) in [5.74, 6) is 0.00426. The molecule has 2 rings (SSSR count). The summed E-state index contributed by atoms with van der Waals surface area (Å²) in [6.45, 7) is 2.22. The van der Waals surface area contributed by atoms with Crippen LogP contribution in [0.3, 0.4) is 0 Å². The third kappa shape index (κ3) is 3.00. The highest BCUT2D eigenvalue weighted by molar-refractivity contribution is 5.98. The van der Waals surface area contributed by atoms with Gasteiger partial charge in [-0.2, -0.15) is 4.68 Å². The molecule has 0 aliphatic carbocycles. The van der Waals surface area contributed by atoms with Gasteiger partial charge in [0.1, 0.15) is 12.3 Å². The van der Waals surface area contributed by atoms with Gasteiger partial charge in [0.05, 0.1) is 29.5 Å². The van der Waals surface area contributed by atoms with Crippen molar-refractivity contribution in [2.45, 2.75) is 13.5 Å². The Bertz CT molecular complexity index is 636. The molecular formula is C13H13N3O4. The fraction of sp³-hybridized carbons (Fsp3) is 0.231. The summed E-state index contributed by atoms with van der Waals surface area (Å²) in [7, 11) is 0. The van der Waals surface area contributed by atoms with Crippen LogP contribution in [0, 0.1) is 10.1 Å². The SMILES string of the molecule is CCOc1ccccc1C(=O)Cn1ccc([N+](=O)[O-])n1. The molecule has 0 spiro atoms. The second-order valence-corrected chi connectivity index (χ2v) is 3.98. The van der Waals surface area contributed by atoms with Crippen molar-refractivity contribution in [3.8, 4) is 5.75 Å². The zero-order valence-electron chi connectivity index (χ0n) is 10.9. The number of carbonyl (C=O) groups excluding carboxylic acids is 1. The van der Waals surface area contributed by atoms with Crippen molar-refractivity contribution < 1.29 is 14.5 Å². The van der Waals surface area contributed by atoms with E-state index in [9.17, 15) is 14.9 Å². The molecule has 0 radical (unpaired) electrons. The lowest BCUT2D eigenvalue weighted by atomic mass is 10.1. The minimum absolute atomic E-state index is 0.0715. The number of nitro groups is 1. The van der Waals surface area contributed by atoms with Crippen LogP contribution < -0.4 is 4.74 Å². The first kappa shape index (κ1) is 13.7. The molecule has 1 aromatic carbocycles. The zero-order chi connectivity index (χ0) is 14.5. The summed E-state index contributed by atoms with van der Waals surface area (Å²) in [5, 5.41) is 14.2. The molecule has 104 valence electrons. The van der Waals surface area contributed by atoms with E-state index >= 15 is 0 Å². The topological polar surface area (TPSA) is 87.3 Å². The number of rotatable bonds is 6. The van der Waals surface area contributed by atoms with E-state index in [1.54, 1.807) is 24.3 Å². The number of para-hydroxylation sites is 1. The molecule has 0 saturated heterocycles. The molecule has 20 heavy (non-hydrogen) atoms. The lowest BCUT2D eigenvalue weighted by Crippen LogP contribution is -2.12. The third-order valence-corrected chi connectivity index (χ3v) is 2.61. The maximum atomic E-state index is 12.2. The van der Waals surface area contributed by atoms with Crippen molar-refractivity contribution in [2.24, 2.45) is 0 Å². The van der Waals surface area contributed by atoms with E-state index in [4.69, 9.17) is 4.74 Å². The standard InChI is InChI=1S/C13H13N3O4/c1-2-20-12-6-4-3-5-10(12)11(17)9-15-8-7-13(14-15)16(18)19/h3-8H,2,9H2,1H3. The number of aromatic nitrogens is 2. The summed E-state index contributed by atoms with van der Waals surface area (Å²) in [6, 6.07) is 8.14. The average Bonchev–Trinajstić information content (AvgIpc) is 2.88. The molecule has 7 heteroatoms. The minimum Gasteiger partial charge on any atom is -0.493 e. The van der Waals surface area contributed by atoms with Gasteiger partial charge < -0.3 is 14.9 Å². The maximum absolute atomic E-state index is 12.2. The normalized spacial score (nSPS) is 10.2. The van der Waals surface area contributed by atoms with Gasteiger partial charge in [-0.1, -0.05) is 12.1 Å². The van der Waals surface area contributed by atoms with E-state index in [0.29, 0.717) is 17.9 Å². The monoisotopic (exact) mass is 275 g/mol. The van der Waals surface area contributed by atoms with E-state index in [-0.39, 0.29) is 18.1 Å². The van der Waals surface area contributed by atoms with E-state index in [1.165, 1.54) is 16.9 Å². The Morgan fingerprint density at radius 2 is 2.15 bits per heavy atom. The van der Waals surface area contributed by atoms with Crippen LogP contribution in [-0.4, -0.2) is 27.1 Å². The molecule has 0 saturated carbocycles. The van der Waals surface area contributed by atoms with Crippen molar-refractivity contribution >= 4 is 11.6 Å². The molecule has 7 nitrogen and oxygen atoms in total. The number of benzene rings is 1. The average molecular weight is 275 g/mol. The van der Waals surface area contributed by atoms with Crippen LogP contribution in [0.5, 0.6) is 5.75 Å². The molecule has 0 amide bonds. The predicted octanol–water partition coefficient (Wildman–Crippen LogP) is 2.07. The lowest BCUT2D eigenvalue weighted by molar-refractivity contribution is -0.389. The lowest BCUT2D eigenvalue weighted by Gasteiger charge is -2.08. The van der Waals surface area contributed by atoms with Crippen LogP contribution in [-0.2, 0) is 6.54 Å². The number of carbonyl (C=O) groups is 1. The molecule has 1 heterocycles. The van der Waals surface area contributed by atoms with Crippen LogP contribution in [0.4, 0.5) is 5.82 Å². The maximum Gasteiger partial charge on any atom is 0.389 e. The van der Waals surface area contributed by atoms with Gasteiger partial charge in [-0.25, -0.2) is 0 Å². The first-order valence-corrected chi connectivity index (χ1v) is 6.04. The second-order valence-electron chi connectivity index (χ2n) is 3.98. The third-order valence-electron chi connectivity index (χ3n) is 2.61. The Morgan fingerprint density at radius 1 is 1.40 bits per heavy atom. The number of hydrogen-bond acceptors (Lipinski definition) is 5. The van der Waals surface area contributed by atoms with Gasteiger partial charge in [0, 0.05) is 0 Å². The summed E-state index contributed by atoms with van der Waals surface area (Å²) in [5.41, 5.74) is 0.438. The van der Waals surface area contributed by atoms with Crippen molar-refractivity contribution in [1.82, 2.24) is 9.78 Å². The highest BCUT2D eigenvalue weighted by Gasteiger charge is 2.17. The fourth-order valence-corrected chi connectivity index (χ4v) is 1.75. The van der Waals surface area contributed by atoms with Crippen molar-refractivity contribution in [3.05, 3.63) is 52.2 Å². The first-order valence-electron chi connectivity index (χ1n) is 6.04. The number of hydrogen-bond donors (Lipinski definition) is 0. The Kier molecular flexibility index (Phi) is 4.09. The molecule has 0 N–H and O–H groups in total. The van der Waals surface area contributed by atoms with Crippen LogP contribution in [0.2, 0.25) is 0 Å². The Balaban J connectivity index is 2.17. The van der Waals surface area contributed by atoms with Crippen molar-refractivity contribution in [3.63, 3.8) is 0 Å². The van der Waals surface area contributed by atoms with Gasteiger partial charge in [-0.3, -0.25) is 4.79 Å². The molecule has 0 aliphatic heterocycles. The van der Waals surface area contributed by atoms with Crippen LogP contribution in [0.1, 0.15) is 17.3 Å². The Labute approximate surface area is 114 Å². The molecule has 0 bridgehead atoms. The van der Waals surface area contributed by atoms with Gasteiger partial charge in [0.25, 0.3) is 0 Å². The molecular weight excluding hydrogens is 262 g/mol. The summed E-state index contributed by atoms with van der Waals surface area (Å²) in [4.78, 5) is 22.1. The fourth-order valence-electron chi connectivity index (χ4n) is 1.75. The molecule has 0 fully saturated rings. The number of ether oxygens (including phenoxy) is 1. The minimum atomic E-state index is -0.602. The van der Waals surface area contributed by atoms with Gasteiger partial charge in [0.2, 0.25) is 0 Å². The largest absolute Gasteiger partial charge is 0.493 e. The highest BCUT2D eigenvalue weighted by atomic mass is 16.6. The van der Waals surface area contributed by atoms with E-state index in [1.807, 2.05) is 6.92 Å². The summed E-state index contributed by atoms with van der Waals surface area (Å²) in [6.07, 6.45) is 1.40. The van der Waals surface area contributed by atoms with E-state index in [2.05, 4.69) is 5.10 Å². The molecule has 0 unspecified atom stereocenters. The number of ketones is 1. The molecule has 1 aromatic heterocycles. The van der Waals surface area contributed by atoms with Crippen molar-refractivity contribution in [1.29, 1.82) is 0 Å². The highest BCUT2D eigenvalue weighted by Crippen LogP contribution is 2.19. The molecule has 2 aromatic rings. The van der Waals surface area contributed by atoms with Crippen molar-refractivity contribution in [2.75, 3.05) is 6.61 Å². The van der Waals surface area contributed by atoms with Gasteiger partial charge in [0.15, 0.2) is 5.78 Å². The van der Waals surface area contributed by atoms with Gasteiger partial charge in [-0.15, -0.1) is 0 Å². The van der Waals surface area contributed by atoms with E-state index in [0.717, 1.165) is 0 Å². The summed E-state index contributed by atoms with van der Waals surface area (Å²) < 4.78 is 6.62. The smallest absolute Gasteiger partial charge is 0.389 e. The predicted molar refractivity (Wildman–Crippen MR) is 70.8 cm³/mol. The first-order chi connectivity index (χ1) is 9.61. The van der Waals surface area contributed by atoms with E-state index < -0.39 is 4.92 Å². The second kappa shape index (κ2) is 5.96. The van der Waals surface area contributed by atoms with Crippen LogP contribution in [0.15, 0.2) is 36.5 Å².